The number of aromatic nitrogens is 4. The van der Waals surface area contributed by atoms with Crippen LogP contribution in [0.4, 0.5) is 0 Å². The normalized spacial score (nSPS) is 10.8. The average molecular weight is 455 g/mol. The highest BCUT2D eigenvalue weighted by Gasteiger charge is 2.14. The van der Waals surface area contributed by atoms with E-state index in [4.69, 9.17) is 16.3 Å². The number of Topliss-reactive ketones (excluding diaryl/α,β-unsaturated/α-hetero) is 1. The van der Waals surface area contributed by atoms with Crippen LogP contribution in [0.3, 0.4) is 0 Å². The van der Waals surface area contributed by atoms with E-state index in [1.54, 1.807) is 44.0 Å². The predicted octanol–water partition coefficient (Wildman–Crippen LogP) is 4.51. The number of nitrogens with zero attached hydrogens (tertiary/aromatic N) is 4. The summed E-state index contributed by atoms with van der Waals surface area (Å²) in [5.41, 5.74) is 0.702. The number of carbonyl (C=O) groups is 1. The third-order valence-electron chi connectivity index (χ3n) is 5.12. The van der Waals surface area contributed by atoms with Crippen molar-refractivity contribution in [3.63, 3.8) is 0 Å². The number of hydrogen-bond acceptors (Lipinski definition) is 6. The summed E-state index contributed by atoms with van der Waals surface area (Å²) in [6.45, 7) is 0.324. The van der Waals surface area contributed by atoms with Crippen molar-refractivity contribution in [1.29, 1.82) is 0 Å². The maximum atomic E-state index is 12.8. The van der Waals surface area contributed by atoms with E-state index >= 15 is 0 Å². The molecule has 168 valence electrons. The number of ether oxygens (including phenoxy) is 1. The van der Waals surface area contributed by atoms with Gasteiger partial charge in [0.15, 0.2) is 5.78 Å². The van der Waals surface area contributed by atoms with Crippen molar-refractivity contribution in [3.05, 3.63) is 81.4 Å². The maximum absolute atomic E-state index is 12.8. The Morgan fingerprint density at radius 3 is 2.72 bits per heavy atom. The van der Waals surface area contributed by atoms with Crippen molar-refractivity contribution in [2.24, 2.45) is 0 Å². The summed E-state index contributed by atoms with van der Waals surface area (Å²) in [5, 5.41) is 0.372. The lowest BCUT2D eigenvalue weighted by molar-refractivity contribution is 0.0977. The van der Waals surface area contributed by atoms with Crippen LogP contribution in [0.5, 0.6) is 5.88 Å². The maximum Gasteiger partial charge on any atom is 0.261 e. The Morgan fingerprint density at radius 2 is 1.94 bits per heavy atom. The Labute approximate surface area is 192 Å². The molecule has 0 radical (unpaired) electrons. The van der Waals surface area contributed by atoms with Gasteiger partial charge in [-0.3, -0.25) is 14.6 Å². The molecule has 8 heteroatoms. The van der Waals surface area contributed by atoms with Crippen LogP contribution in [0.1, 0.15) is 60.3 Å². The molecule has 3 aromatic rings. The summed E-state index contributed by atoms with van der Waals surface area (Å²) < 4.78 is 6.57. The molecule has 0 atom stereocenters. The Balaban J connectivity index is 1.44. The number of unbranched alkanes of at least 4 members (excludes halogenated alkanes) is 4. The number of halogens is 1. The fourth-order valence-corrected chi connectivity index (χ4v) is 3.68. The molecule has 3 rings (SSSR count). The van der Waals surface area contributed by atoms with Gasteiger partial charge in [-0.1, -0.05) is 36.9 Å². The third kappa shape index (κ3) is 6.99. The summed E-state index contributed by atoms with van der Waals surface area (Å²) in [5.74, 6) is 1.19. The molecule has 0 fully saturated rings. The number of ketones is 1. The Hall–Kier alpha value is -3.06. The first-order valence-electron chi connectivity index (χ1n) is 10.7. The minimum absolute atomic E-state index is 0.150. The Kier molecular flexibility index (Phi) is 8.92. The average Bonchev–Trinajstić information content (AvgIpc) is 2.81. The van der Waals surface area contributed by atoms with Gasteiger partial charge in [-0.15, -0.1) is 0 Å². The molecule has 0 unspecified atom stereocenters. The molecule has 0 aliphatic heterocycles. The number of hydrogen-bond donors (Lipinski definition) is 0. The van der Waals surface area contributed by atoms with E-state index in [-0.39, 0.29) is 16.9 Å². The van der Waals surface area contributed by atoms with Gasteiger partial charge in [0.1, 0.15) is 5.82 Å². The van der Waals surface area contributed by atoms with Crippen molar-refractivity contribution in [3.8, 4) is 5.88 Å². The van der Waals surface area contributed by atoms with Crippen LogP contribution in [0.25, 0.3) is 0 Å². The quantitative estimate of drug-likeness (QED) is 0.295. The molecule has 7 nitrogen and oxygen atoms in total. The molecule has 0 saturated carbocycles. The molecule has 32 heavy (non-hydrogen) atoms. The second-order valence-corrected chi connectivity index (χ2v) is 8.01. The van der Waals surface area contributed by atoms with Crippen LogP contribution < -0.4 is 10.3 Å². The predicted molar refractivity (Wildman–Crippen MR) is 123 cm³/mol. The lowest BCUT2D eigenvalue weighted by Crippen LogP contribution is -2.26. The van der Waals surface area contributed by atoms with Crippen LogP contribution in [0.2, 0.25) is 5.02 Å². The van der Waals surface area contributed by atoms with Crippen LogP contribution in [-0.2, 0) is 13.0 Å². The van der Waals surface area contributed by atoms with E-state index in [1.807, 2.05) is 6.07 Å². The highest BCUT2D eigenvalue weighted by Crippen LogP contribution is 2.14. The van der Waals surface area contributed by atoms with E-state index in [1.165, 1.54) is 10.6 Å². The molecular weight excluding hydrogens is 428 g/mol. The highest BCUT2D eigenvalue weighted by atomic mass is 35.5. The summed E-state index contributed by atoms with van der Waals surface area (Å²) in [6.07, 6.45) is 12.4. The van der Waals surface area contributed by atoms with Crippen molar-refractivity contribution in [1.82, 2.24) is 19.5 Å². The minimum atomic E-state index is -0.318. The zero-order valence-electron chi connectivity index (χ0n) is 18.2. The van der Waals surface area contributed by atoms with Crippen molar-refractivity contribution in [2.45, 2.75) is 51.5 Å². The van der Waals surface area contributed by atoms with Gasteiger partial charge in [0.05, 0.1) is 24.2 Å². The number of methoxy groups -OCH3 is 1. The van der Waals surface area contributed by atoms with Gasteiger partial charge in [-0.05, 0) is 30.5 Å². The molecule has 0 N–H and O–H groups in total. The van der Waals surface area contributed by atoms with Gasteiger partial charge in [-0.25, -0.2) is 4.98 Å². The summed E-state index contributed by atoms with van der Waals surface area (Å²) in [6, 6.07) is 6.89. The van der Waals surface area contributed by atoms with Crippen LogP contribution in [0, 0.1) is 0 Å². The van der Waals surface area contributed by atoms with Crippen molar-refractivity contribution < 1.29 is 9.53 Å². The summed E-state index contributed by atoms with van der Waals surface area (Å²) in [4.78, 5) is 38.0. The summed E-state index contributed by atoms with van der Waals surface area (Å²) >= 11 is 6.17. The molecule has 0 saturated heterocycles. The van der Waals surface area contributed by atoms with Crippen molar-refractivity contribution >= 4 is 17.4 Å². The third-order valence-corrected chi connectivity index (χ3v) is 5.33. The first-order chi connectivity index (χ1) is 15.6. The van der Waals surface area contributed by atoms with Gasteiger partial charge in [0.25, 0.3) is 5.56 Å². The highest BCUT2D eigenvalue weighted by molar-refractivity contribution is 6.30. The SMILES string of the molecule is COc1ccnc(CCCCCCCC(=O)c2cc(Cl)cn(Cc3cccnc3)c2=O)n1. The molecule has 0 aliphatic rings. The van der Waals surface area contributed by atoms with Crippen LogP contribution in [-0.4, -0.2) is 32.4 Å². The Bertz CT molecular complexity index is 1090. The van der Waals surface area contributed by atoms with E-state index < -0.39 is 0 Å². The largest absolute Gasteiger partial charge is 0.481 e. The molecule has 0 bridgehead atoms. The first kappa shape index (κ1) is 23.6. The molecule has 0 spiro atoms. The Morgan fingerprint density at radius 1 is 1.12 bits per heavy atom. The lowest BCUT2D eigenvalue weighted by atomic mass is 10.0. The summed E-state index contributed by atoms with van der Waals surface area (Å²) in [7, 11) is 1.59. The van der Waals surface area contributed by atoms with Gasteiger partial charge in [-0.2, -0.15) is 4.98 Å². The minimum Gasteiger partial charge on any atom is -0.481 e. The van der Waals surface area contributed by atoms with Gasteiger partial charge >= 0.3 is 0 Å². The van der Waals surface area contributed by atoms with Gasteiger partial charge in [0, 0.05) is 43.7 Å². The van der Waals surface area contributed by atoms with E-state index in [0.717, 1.165) is 49.9 Å². The second-order valence-electron chi connectivity index (χ2n) is 7.57. The number of rotatable bonds is 12. The molecule has 0 aromatic carbocycles. The first-order valence-corrected chi connectivity index (χ1v) is 11.1. The van der Waals surface area contributed by atoms with Gasteiger partial charge < -0.3 is 9.30 Å². The lowest BCUT2D eigenvalue weighted by Gasteiger charge is -2.09. The standard InChI is InChI=1S/C24H27ClN4O3/c1-32-23-11-13-27-22(28-23)10-6-4-2-3-5-9-21(30)20-14-19(25)17-29(24(20)31)16-18-8-7-12-26-15-18/h7-8,11-15,17H,2-6,9-10,16H2,1H3. The number of carbonyl (C=O) groups excluding carboxylic acids is 1. The van der Waals surface area contributed by atoms with E-state index in [0.29, 0.717) is 23.9 Å². The van der Waals surface area contributed by atoms with Gasteiger partial charge in [0.2, 0.25) is 5.88 Å². The van der Waals surface area contributed by atoms with E-state index in [2.05, 4.69) is 15.0 Å². The topological polar surface area (TPSA) is 87.0 Å². The molecule has 3 aromatic heterocycles. The zero-order valence-corrected chi connectivity index (χ0v) is 18.9. The second kappa shape index (κ2) is 12.1. The zero-order chi connectivity index (χ0) is 22.8. The van der Waals surface area contributed by atoms with Crippen LogP contribution in [0.15, 0.2) is 53.8 Å². The van der Waals surface area contributed by atoms with Crippen LogP contribution >= 0.6 is 11.6 Å². The fourth-order valence-electron chi connectivity index (χ4n) is 3.45. The monoisotopic (exact) mass is 454 g/mol. The number of pyridine rings is 2. The van der Waals surface area contributed by atoms with E-state index in [9.17, 15) is 9.59 Å². The fraction of sp³-hybridized carbons (Fsp3) is 0.375. The molecule has 0 amide bonds. The molecular formula is C24H27ClN4O3. The molecule has 0 aliphatic carbocycles. The smallest absolute Gasteiger partial charge is 0.261 e. The molecule has 3 heterocycles. The van der Waals surface area contributed by atoms with Crippen molar-refractivity contribution in [2.75, 3.05) is 7.11 Å². The number of aryl methyl sites for hydroxylation is 1.